The summed E-state index contributed by atoms with van der Waals surface area (Å²) in [5.74, 6) is -2.43. The number of nitrogens with one attached hydrogen (secondary N) is 3. The Kier molecular flexibility index (Phi) is 6.41. The minimum Gasteiger partial charge on any atom is -0.395 e. The highest BCUT2D eigenvalue weighted by Gasteiger charge is 2.12. The monoisotopic (exact) mass is 349 g/mol. The highest BCUT2D eigenvalue weighted by Crippen LogP contribution is 2.16. The number of aliphatic hydroxyl groups excluding tert-OH is 1. The second-order valence-corrected chi connectivity index (χ2v) is 5.05. The zero-order chi connectivity index (χ0) is 18.2. The van der Waals surface area contributed by atoms with E-state index in [-0.39, 0.29) is 25.4 Å². The third-order valence-corrected chi connectivity index (χ3v) is 3.21. The standard InChI is InChI=1S/C17H17F2N3O3/c18-11-5-6-13(19)15(9-11)22-16(24)10-21-14-4-2-1-3-12(14)17(25)20-7-8-23/h1-6,9,21,23H,7-8,10H2,(H,20,25)(H,22,24). The molecule has 0 unspecified atom stereocenters. The van der Waals surface area contributed by atoms with Gasteiger partial charge in [-0.2, -0.15) is 0 Å². The molecular weight excluding hydrogens is 332 g/mol. The van der Waals surface area contributed by atoms with Crippen LogP contribution in [0.5, 0.6) is 0 Å². The van der Waals surface area contributed by atoms with Gasteiger partial charge in [-0.1, -0.05) is 12.1 Å². The predicted octanol–water partition coefficient (Wildman–Crippen LogP) is 1.74. The molecule has 0 spiro atoms. The van der Waals surface area contributed by atoms with E-state index in [0.717, 1.165) is 18.2 Å². The average Bonchev–Trinajstić information content (AvgIpc) is 2.61. The fraction of sp³-hybridized carbons (Fsp3) is 0.176. The Morgan fingerprint density at radius 2 is 1.80 bits per heavy atom. The maximum atomic E-state index is 13.5. The fourth-order valence-electron chi connectivity index (χ4n) is 2.06. The van der Waals surface area contributed by atoms with Gasteiger partial charge in [0.05, 0.1) is 24.4 Å². The first-order chi connectivity index (χ1) is 12.0. The molecule has 132 valence electrons. The second-order valence-electron chi connectivity index (χ2n) is 5.05. The van der Waals surface area contributed by atoms with Crippen LogP contribution in [0.25, 0.3) is 0 Å². The summed E-state index contributed by atoms with van der Waals surface area (Å²) in [5, 5.41) is 16.3. The highest BCUT2D eigenvalue weighted by molar-refractivity contribution is 6.00. The number of rotatable bonds is 7. The SMILES string of the molecule is O=C(CNc1ccccc1C(=O)NCCO)Nc1cc(F)ccc1F. The Bertz CT molecular complexity index is 769. The molecule has 25 heavy (non-hydrogen) atoms. The van der Waals surface area contributed by atoms with Crippen molar-refractivity contribution >= 4 is 23.2 Å². The minimum atomic E-state index is -0.751. The van der Waals surface area contributed by atoms with Gasteiger partial charge in [-0.15, -0.1) is 0 Å². The summed E-state index contributed by atoms with van der Waals surface area (Å²) in [7, 11) is 0. The van der Waals surface area contributed by atoms with Gasteiger partial charge in [0.1, 0.15) is 11.6 Å². The molecule has 6 nitrogen and oxygen atoms in total. The van der Waals surface area contributed by atoms with E-state index in [9.17, 15) is 18.4 Å². The van der Waals surface area contributed by atoms with Crippen LogP contribution < -0.4 is 16.0 Å². The zero-order valence-corrected chi connectivity index (χ0v) is 13.2. The number of anilines is 2. The number of carbonyl (C=O) groups excluding carboxylic acids is 2. The Balaban J connectivity index is 2.00. The molecule has 2 aromatic rings. The number of aliphatic hydroxyl groups is 1. The molecule has 0 saturated carbocycles. The van der Waals surface area contributed by atoms with Crippen LogP contribution in [0.15, 0.2) is 42.5 Å². The Hall–Kier alpha value is -3.00. The summed E-state index contributed by atoms with van der Waals surface area (Å²) in [6, 6.07) is 9.23. The maximum Gasteiger partial charge on any atom is 0.253 e. The van der Waals surface area contributed by atoms with Crippen LogP contribution in [0.3, 0.4) is 0 Å². The molecule has 2 amide bonds. The van der Waals surface area contributed by atoms with Crippen molar-refractivity contribution in [1.82, 2.24) is 5.32 Å². The van der Waals surface area contributed by atoms with E-state index in [1.165, 1.54) is 0 Å². The smallest absolute Gasteiger partial charge is 0.253 e. The lowest BCUT2D eigenvalue weighted by atomic mass is 10.1. The molecule has 0 heterocycles. The summed E-state index contributed by atoms with van der Waals surface area (Å²) in [4.78, 5) is 23.9. The van der Waals surface area contributed by atoms with Gasteiger partial charge in [0, 0.05) is 18.3 Å². The summed E-state index contributed by atoms with van der Waals surface area (Å²) in [6.45, 7) is -0.338. The van der Waals surface area contributed by atoms with Crippen LogP contribution in [0.4, 0.5) is 20.2 Å². The number of halogens is 2. The van der Waals surface area contributed by atoms with Crippen LogP contribution in [-0.2, 0) is 4.79 Å². The summed E-state index contributed by atoms with van der Waals surface area (Å²) in [6.07, 6.45) is 0. The topological polar surface area (TPSA) is 90.5 Å². The lowest BCUT2D eigenvalue weighted by molar-refractivity contribution is -0.114. The molecule has 0 atom stereocenters. The quantitative estimate of drug-likeness (QED) is 0.613. The Morgan fingerprint density at radius 1 is 1.04 bits per heavy atom. The van der Waals surface area contributed by atoms with Gasteiger partial charge in [-0.3, -0.25) is 9.59 Å². The highest BCUT2D eigenvalue weighted by atomic mass is 19.1. The van der Waals surface area contributed by atoms with Crippen LogP contribution in [0.1, 0.15) is 10.4 Å². The lowest BCUT2D eigenvalue weighted by Crippen LogP contribution is -2.28. The van der Waals surface area contributed by atoms with Crippen LogP contribution in [0.2, 0.25) is 0 Å². The molecule has 0 fully saturated rings. The molecule has 0 aliphatic carbocycles. The van der Waals surface area contributed by atoms with Crippen molar-refractivity contribution in [2.45, 2.75) is 0 Å². The predicted molar refractivity (Wildman–Crippen MR) is 89.3 cm³/mol. The molecule has 8 heteroatoms. The number of para-hydroxylation sites is 1. The molecule has 0 aliphatic heterocycles. The van der Waals surface area contributed by atoms with Gasteiger partial charge in [0.2, 0.25) is 5.91 Å². The van der Waals surface area contributed by atoms with Gasteiger partial charge < -0.3 is 21.1 Å². The lowest BCUT2D eigenvalue weighted by Gasteiger charge is -2.12. The molecule has 0 bridgehead atoms. The Morgan fingerprint density at radius 3 is 2.56 bits per heavy atom. The van der Waals surface area contributed by atoms with Crippen molar-refractivity contribution in [2.24, 2.45) is 0 Å². The van der Waals surface area contributed by atoms with E-state index in [4.69, 9.17) is 5.11 Å². The van der Waals surface area contributed by atoms with Crippen molar-refractivity contribution in [1.29, 1.82) is 0 Å². The largest absolute Gasteiger partial charge is 0.395 e. The molecule has 0 radical (unpaired) electrons. The summed E-state index contributed by atoms with van der Waals surface area (Å²) < 4.78 is 26.6. The molecule has 0 saturated heterocycles. The summed E-state index contributed by atoms with van der Waals surface area (Å²) >= 11 is 0. The number of hydrogen-bond acceptors (Lipinski definition) is 4. The molecule has 2 aromatic carbocycles. The van der Waals surface area contributed by atoms with Gasteiger partial charge in [-0.25, -0.2) is 8.78 Å². The first-order valence-electron chi connectivity index (χ1n) is 7.48. The van der Waals surface area contributed by atoms with E-state index in [0.29, 0.717) is 11.3 Å². The normalized spacial score (nSPS) is 10.2. The molecule has 0 aliphatic rings. The number of amides is 2. The molecule has 2 rings (SSSR count). The van der Waals surface area contributed by atoms with Crippen molar-refractivity contribution in [3.8, 4) is 0 Å². The second kappa shape index (κ2) is 8.74. The summed E-state index contributed by atoms with van der Waals surface area (Å²) in [5.41, 5.74) is 0.425. The molecule has 0 aromatic heterocycles. The Labute approximate surface area is 142 Å². The van der Waals surface area contributed by atoms with Gasteiger partial charge in [0.25, 0.3) is 5.91 Å². The van der Waals surface area contributed by atoms with Crippen molar-refractivity contribution in [3.63, 3.8) is 0 Å². The maximum absolute atomic E-state index is 13.5. The first-order valence-corrected chi connectivity index (χ1v) is 7.48. The third-order valence-electron chi connectivity index (χ3n) is 3.21. The van der Waals surface area contributed by atoms with E-state index in [2.05, 4.69) is 16.0 Å². The van der Waals surface area contributed by atoms with Crippen molar-refractivity contribution < 1.29 is 23.5 Å². The average molecular weight is 349 g/mol. The van der Waals surface area contributed by atoms with Crippen molar-refractivity contribution in [3.05, 3.63) is 59.7 Å². The number of benzene rings is 2. The van der Waals surface area contributed by atoms with Crippen LogP contribution >= 0.6 is 0 Å². The zero-order valence-electron chi connectivity index (χ0n) is 13.2. The first kappa shape index (κ1) is 18.3. The molecule has 4 N–H and O–H groups in total. The van der Waals surface area contributed by atoms with Gasteiger partial charge in [0.15, 0.2) is 0 Å². The van der Waals surface area contributed by atoms with E-state index >= 15 is 0 Å². The third kappa shape index (κ3) is 5.25. The minimum absolute atomic E-state index is 0.104. The molecular formula is C17H17F2N3O3. The number of hydrogen-bond donors (Lipinski definition) is 4. The van der Waals surface area contributed by atoms with Gasteiger partial charge in [-0.05, 0) is 24.3 Å². The van der Waals surface area contributed by atoms with Crippen molar-refractivity contribution in [2.75, 3.05) is 30.3 Å². The van der Waals surface area contributed by atoms with Crippen LogP contribution in [0, 0.1) is 11.6 Å². The van der Waals surface area contributed by atoms with E-state index < -0.39 is 23.4 Å². The van der Waals surface area contributed by atoms with E-state index in [1.807, 2.05) is 0 Å². The van der Waals surface area contributed by atoms with E-state index in [1.54, 1.807) is 24.3 Å². The number of carbonyl (C=O) groups is 2. The van der Waals surface area contributed by atoms with Crippen LogP contribution in [-0.4, -0.2) is 36.6 Å². The fourth-order valence-corrected chi connectivity index (χ4v) is 2.06. The van der Waals surface area contributed by atoms with Gasteiger partial charge >= 0.3 is 0 Å².